The summed E-state index contributed by atoms with van der Waals surface area (Å²) in [6, 6.07) is 0. The molecule has 0 heterocycles. The minimum atomic E-state index is -1.32. The Morgan fingerprint density at radius 2 is 2.33 bits per heavy atom. The number of hydrogen-bond acceptors (Lipinski definition) is 3. The topological polar surface area (TPSA) is 55.8 Å². The van der Waals surface area contributed by atoms with Gasteiger partial charge in [0.25, 0.3) is 0 Å². The van der Waals surface area contributed by atoms with E-state index in [-0.39, 0.29) is 11.2 Å². The first-order valence-corrected chi connectivity index (χ1v) is 4.88. The number of methoxy groups -OCH3 is 1. The quantitative estimate of drug-likeness (QED) is 0.731. The van der Waals surface area contributed by atoms with E-state index in [2.05, 4.69) is 18.6 Å². The number of rotatable bonds is 3. The zero-order valence-corrected chi connectivity index (χ0v) is 9.24. The van der Waals surface area contributed by atoms with Gasteiger partial charge in [0.2, 0.25) is 0 Å². The first kappa shape index (κ1) is 11.6. The van der Waals surface area contributed by atoms with Gasteiger partial charge >= 0.3 is 6.16 Å². The molecule has 0 spiro atoms. The second kappa shape index (κ2) is 4.38. The maximum atomic E-state index is 10.4. The van der Waals surface area contributed by atoms with Crippen LogP contribution in [0.2, 0.25) is 0 Å². The minimum absolute atomic E-state index is 0.0245. The van der Waals surface area contributed by atoms with E-state index in [1.165, 1.54) is 7.11 Å². The van der Waals surface area contributed by atoms with Crippen molar-refractivity contribution >= 4 is 6.16 Å². The van der Waals surface area contributed by atoms with Crippen LogP contribution >= 0.6 is 0 Å². The van der Waals surface area contributed by atoms with Gasteiger partial charge in [-0.3, -0.25) is 0 Å². The summed E-state index contributed by atoms with van der Waals surface area (Å²) in [5.74, 6) is 0.875. The molecule has 15 heavy (non-hydrogen) atoms. The molecule has 4 heteroatoms. The molecule has 1 atom stereocenters. The summed E-state index contributed by atoms with van der Waals surface area (Å²) in [5.41, 5.74) is 0.0245. The Hall–Kier alpha value is -1.45. The van der Waals surface area contributed by atoms with Crippen molar-refractivity contribution in [3.05, 3.63) is 23.7 Å². The van der Waals surface area contributed by atoms with Crippen LogP contribution in [0.3, 0.4) is 0 Å². The summed E-state index contributed by atoms with van der Waals surface area (Å²) in [6.45, 7) is 4.18. The summed E-state index contributed by atoms with van der Waals surface area (Å²) in [4.78, 5) is 10.4. The van der Waals surface area contributed by atoms with E-state index in [4.69, 9.17) is 9.84 Å². The van der Waals surface area contributed by atoms with Gasteiger partial charge in [-0.15, -0.1) is 0 Å². The van der Waals surface area contributed by atoms with Gasteiger partial charge in [-0.1, -0.05) is 19.9 Å². The monoisotopic (exact) mass is 212 g/mol. The fraction of sp³-hybridized carbons (Fsp3) is 0.545. The molecule has 0 aromatic heterocycles. The fourth-order valence-electron chi connectivity index (χ4n) is 1.48. The highest BCUT2D eigenvalue weighted by Crippen LogP contribution is 2.37. The van der Waals surface area contributed by atoms with Crippen LogP contribution in [0.15, 0.2) is 23.7 Å². The Morgan fingerprint density at radius 3 is 2.80 bits per heavy atom. The molecule has 1 aliphatic rings. The fourth-order valence-corrected chi connectivity index (χ4v) is 1.48. The third-order valence-corrected chi connectivity index (χ3v) is 2.73. The molecule has 0 aliphatic heterocycles. The summed E-state index contributed by atoms with van der Waals surface area (Å²) < 4.78 is 9.76. The molecule has 0 amide bonds. The second-order valence-corrected chi connectivity index (χ2v) is 3.88. The molecule has 0 bridgehead atoms. The van der Waals surface area contributed by atoms with E-state index in [0.29, 0.717) is 12.2 Å². The van der Waals surface area contributed by atoms with Crippen molar-refractivity contribution in [2.75, 3.05) is 7.11 Å². The maximum absolute atomic E-state index is 10.4. The lowest BCUT2D eigenvalue weighted by molar-refractivity contribution is 0.111. The van der Waals surface area contributed by atoms with Crippen molar-refractivity contribution < 1.29 is 19.4 Å². The largest absolute Gasteiger partial charge is 0.511 e. The van der Waals surface area contributed by atoms with Gasteiger partial charge in [-0.2, -0.15) is 0 Å². The molecule has 0 aromatic rings. The average molecular weight is 212 g/mol. The standard InChI is InChI=1S/C11H16O4/c1-4-11(2)6-5-8(15-10(12)13)9(7-11)14-3/h5-6H,4,7H2,1-3H3,(H,12,13). The highest BCUT2D eigenvalue weighted by atomic mass is 16.7. The third-order valence-electron chi connectivity index (χ3n) is 2.73. The lowest BCUT2D eigenvalue weighted by Crippen LogP contribution is -2.19. The predicted octanol–water partition coefficient (Wildman–Crippen LogP) is 2.92. The van der Waals surface area contributed by atoms with Crippen LogP contribution in [0.5, 0.6) is 0 Å². The zero-order chi connectivity index (χ0) is 11.5. The number of carbonyl (C=O) groups is 1. The van der Waals surface area contributed by atoms with Crippen molar-refractivity contribution in [2.24, 2.45) is 5.41 Å². The molecule has 0 saturated heterocycles. The molecule has 0 saturated carbocycles. The Morgan fingerprint density at radius 1 is 1.67 bits per heavy atom. The smallest absolute Gasteiger partial charge is 0.497 e. The van der Waals surface area contributed by atoms with E-state index in [1.54, 1.807) is 6.08 Å². The highest BCUT2D eigenvalue weighted by Gasteiger charge is 2.27. The van der Waals surface area contributed by atoms with Gasteiger partial charge in [-0.05, 0) is 17.9 Å². The van der Waals surface area contributed by atoms with E-state index < -0.39 is 6.16 Å². The Kier molecular flexibility index (Phi) is 3.39. The van der Waals surface area contributed by atoms with Crippen molar-refractivity contribution in [3.8, 4) is 0 Å². The molecule has 0 radical (unpaired) electrons. The molecule has 1 unspecified atom stereocenters. The summed E-state index contributed by atoms with van der Waals surface area (Å²) in [6.07, 6.45) is 3.95. The summed E-state index contributed by atoms with van der Waals surface area (Å²) >= 11 is 0. The van der Waals surface area contributed by atoms with Crippen LogP contribution in [-0.4, -0.2) is 18.4 Å². The van der Waals surface area contributed by atoms with Crippen LogP contribution in [0.4, 0.5) is 4.79 Å². The molecule has 1 rings (SSSR count). The maximum Gasteiger partial charge on any atom is 0.511 e. The lowest BCUT2D eigenvalue weighted by atomic mass is 9.80. The van der Waals surface area contributed by atoms with Crippen LogP contribution in [0.1, 0.15) is 26.7 Å². The second-order valence-electron chi connectivity index (χ2n) is 3.88. The minimum Gasteiger partial charge on any atom is -0.497 e. The van der Waals surface area contributed by atoms with Crippen LogP contribution in [0.25, 0.3) is 0 Å². The molecule has 84 valence electrons. The number of allylic oxidation sites excluding steroid dienone is 3. The molecule has 4 nitrogen and oxygen atoms in total. The van der Waals surface area contributed by atoms with Gasteiger partial charge in [0.15, 0.2) is 5.76 Å². The van der Waals surface area contributed by atoms with E-state index >= 15 is 0 Å². The van der Waals surface area contributed by atoms with Crippen molar-refractivity contribution in [3.63, 3.8) is 0 Å². The molecule has 1 aliphatic carbocycles. The number of ether oxygens (including phenoxy) is 2. The van der Waals surface area contributed by atoms with E-state index in [1.807, 2.05) is 6.08 Å². The number of carboxylic acid groups (broad SMARTS) is 1. The van der Waals surface area contributed by atoms with Crippen LogP contribution in [0, 0.1) is 5.41 Å². The Balaban J connectivity index is 2.88. The summed E-state index contributed by atoms with van der Waals surface area (Å²) in [7, 11) is 1.52. The van der Waals surface area contributed by atoms with Gasteiger partial charge in [-0.25, -0.2) is 4.79 Å². The average Bonchev–Trinajstić information content (AvgIpc) is 2.20. The normalized spacial score (nSPS) is 25.3. The van der Waals surface area contributed by atoms with Crippen molar-refractivity contribution in [1.82, 2.24) is 0 Å². The zero-order valence-electron chi connectivity index (χ0n) is 9.24. The number of hydrogen-bond donors (Lipinski definition) is 1. The molecular formula is C11H16O4. The van der Waals surface area contributed by atoms with Crippen molar-refractivity contribution in [2.45, 2.75) is 26.7 Å². The highest BCUT2D eigenvalue weighted by molar-refractivity contribution is 5.59. The van der Waals surface area contributed by atoms with Crippen LogP contribution in [-0.2, 0) is 9.47 Å². The van der Waals surface area contributed by atoms with E-state index in [0.717, 1.165) is 6.42 Å². The van der Waals surface area contributed by atoms with E-state index in [9.17, 15) is 4.79 Å². The molecule has 0 fully saturated rings. The van der Waals surface area contributed by atoms with Gasteiger partial charge in [0.1, 0.15) is 5.76 Å². The van der Waals surface area contributed by atoms with Crippen LogP contribution < -0.4 is 0 Å². The SMILES string of the molecule is CCC1(C)C=CC(OC(=O)O)=C(OC)C1. The van der Waals surface area contributed by atoms with Gasteiger partial charge in [0.05, 0.1) is 7.11 Å². The predicted molar refractivity (Wildman–Crippen MR) is 55.3 cm³/mol. The van der Waals surface area contributed by atoms with Gasteiger partial charge < -0.3 is 14.6 Å². The lowest BCUT2D eigenvalue weighted by Gasteiger charge is -2.29. The van der Waals surface area contributed by atoms with Gasteiger partial charge in [0, 0.05) is 6.42 Å². The molecule has 1 N–H and O–H groups in total. The summed E-state index contributed by atoms with van der Waals surface area (Å²) in [5, 5.41) is 8.52. The van der Waals surface area contributed by atoms with Crippen molar-refractivity contribution in [1.29, 1.82) is 0 Å². The Labute approximate surface area is 89.2 Å². The Bertz CT molecular complexity index is 317. The molecule has 0 aromatic carbocycles. The third kappa shape index (κ3) is 2.75. The first-order valence-electron chi connectivity index (χ1n) is 4.88. The first-order chi connectivity index (χ1) is 7.00. The molecular weight excluding hydrogens is 196 g/mol.